The number of rotatable bonds is 6. The van der Waals surface area contributed by atoms with E-state index in [0.717, 1.165) is 5.56 Å². The first-order chi connectivity index (χ1) is 9.85. The van der Waals surface area contributed by atoms with E-state index in [0.29, 0.717) is 23.0 Å². The normalized spacial score (nSPS) is 12.1. The molecule has 6 heteroatoms. The fourth-order valence-corrected chi connectivity index (χ4v) is 2.39. The van der Waals surface area contributed by atoms with Crippen molar-refractivity contribution >= 4 is 35.0 Å². The highest BCUT2D eigenvalue weighted by Crippen LogP contribution is 2.22. The molecule has 0 unspecified atom stereocenters. The van der Waals surface area contributed by atoms with Crippen molar-refractivity contribution in [2.45, 2.75) is 33.2 Å². The summed E-state index contributed by atoms with van der Waals surface area (Å²) >= 11 is 12.0. The third-order valence-electron chi connectivity index (χ3n) is 2.99. The minimum Gasteiger partial charge on any atom is -0.338 e. The maximum absolute atomic E-state index is 12.3. The zero-order chi connectivity index (χ0) is 16.0. The number of nitrogens with one attached hydrogen (secondary N) is 2. The van der Waals surface area contributed by atoms with Crippen LogP contribution in [-0.4, -0.2) is 24.4 Å². The summed E-state index contributed by atoms with van der Waals surface area (Å²) in [7, 11) is 0. The van der Waals surface area contributed by atoms with E-state index in [9.17, 15) is 9.59 Å². The molecule has 1 aromatic rings. The number of benzene rings is 1. The maximum atomic E-state index is 12.3. The van der Waals surface area contributed by atoms with E-state index in [1.54, 1.807) is 32.0 Å². The van der Waals surface area contributed by atoms with Crippen molar-refractivity contribution in [2.24, 2.45) is 5.92 Å². The molecule has 2 amide bonds. The highest BCUT2D eigenvalue weighted by Gasteiger charge is 2.24. The molecule has 1 rings (SSSR count). The third-order valence-corrected chi connectivity index (χ3v) is 3.58. The van der Waals surface area contributed by atoms with E-state index >= 15 is 0 Å². The van der Waals surface area contributed by atoms with Crippen LogP contribution in [0.1, 0.15) is 26.3 Å². The summed E-state index contributed by atoms with van der Waals surface area (Å²) in [5.41, 5.74) is 0.775. The second-order valence-corrected chi connectivity index (χ2v) is 5.90. The molecule has 0 fully saturated rings. The summed E-state index contributed by atoms with van der Waals surface area (Å²) in [4.78, 5) is 23.9. The second kappa shape index (κ2) is 8.25. The lowest BCUT2D eigenvalue weighted by atomic mass is 9.96. The molecular formula is C15H20Cl2N2O2. The Morgan fingerprint density at radius 2 is 1.90 bits per heavy atom. The number of urea groups is 1. The molecule has 0 aliphatic carbocycles. The van der Waals surface area contributed by atoms with Gasteiger partial charge in [0, 0.05) is 28.9 Å². The first-order valence-electron chi connectivity index (χ1n) is 6.87. The average Bonchev–Trinajstić information content (AvgIpc) is 2.40. The number of carbonyl (C=O) groups excluding carboxylic acids is 2. The summed E-state index contributed by atoms with van der Waals surface area (Å²) in [5.74, 6) is -0.213. The summed E-state index contributed by atoms with van der Waals surface area (Å²) in [6, 6.07) is 4.13. The van der Waals surface area contributed by atoms with E-state index in [2.05, 4.69) is 10.6 Å². The Bertz CT molecular complexity index is 518. The largest absolute Gasteiger partial charge is 0.338 e. The van der Waals surface area contributed by atoms with Crippen LogP contribution in [0.15, 0.2) is 18.2 Å². The van der Waals surface area contributed by atoms with Crippen LogP contribution in [0, 0.1) is 5.92 Å². The molecule has 0 radical (unpaired) electrons. The Balaban J connectivity index is 2.90. The lowest BCUT2D eigenvalue weighted by molar-refractivity contribution is -0.123. The zero-order valence-electron chi connectivity index (χ0n) is 12.4. The van der Waals surface area contributed by atoms with Crippen LogP contribution >= 0.6 is 23.2 Å². The van der Waals surface area contributed by atoms with Gasteiger partial charge in [0.2, 0.25) is 0 Å². The SMILES string of the molecule is CCNC(=O)N[C@H](Cc1ccc(Cl)cc1Cl)C(=O)C(C)C. The van der Waals surface area contributed by atoms with Gasteiger partial charge in [-0.2, -0.15) is 0 Å². The smallest absolute Gasteiger partial charge is 0.315 e. The fourth-order valence-electron chi connectivity index (χ4n) is 1.90. The van der Waals surface area contributed by atoms with Crippen molar-refractivity contribution in [3.63, 3.8) is 0 Å². The molecule has 21 heavy (non-hydrogen) atoms. The van der Waals surface area contributed by atoms with Crippen LogP contribution < -0.4 is 10.6 Å². The lowest BCUT2D eigenvalue weighted by Gasteiger charge is -2.20. The first-order valence-corrected chi connectivity index (χ1v) is 7.62. The van der Waals surface area contributed by atoms with Gasteiger partial charge in [-0.3, -0.25) is 4.79 Å². The monoisotopic (exact) mass is 330 g/mol. The van der Waals surface area contributed by atoms with Gasteiger partial charge in [-0.15, -0.1) is 0 Å². The third kappa shape index (κ3) is 5.56. The van der Waals surface area contributed by atoms with Crippen molar-refractivity contribution in [1.29, 1.82) is 0 Å². The van der Waals surface area contributed by atoms with Gasteiger partial charge in [0.25, 0.3) is 0 Å². The fraction of sp³-hybridized carbons (Fsp3) is 0.467. The summed E-state index contributed by atoms with van der Waals surface area (Å²) < 4.78 is 0. The minimum absolute atomic E-state index is 0.0349. The number of hydrogen-bond acceptors (Lipinski definition) is 2. The van der Waals surface area contributed by atoms with Gasteiger partial charge in [-0.05, 0) is 24.6 Å². The molecule has 0 saturated carbocycles. The molecule has 0 spiro atoms. The molecule has 0 aromatic heterocycles. The zero-order valence-corrected chi connectivity index (χ0v) is 13.9. The van der Waals surface area contributed by atoms with Crippen molar-refractivity contribution in [3.05, 3.63) is 33.8 Å². The molecule has 0 aliphatic rings. The number of ketones is 1. The van der Waals surface area contributed by atoms with E-state index in [-0.39, 0.29) is 17.7 Å². The Morgan fingerprint density at radius 1 is 1.24 bits per heavy atom. The van der Waals surface area contributed by atoms with Crippen LogP contribution in [0.3, 0.4) is 0 Å². The van der Waals surface area contributed by atoms with Crippen LogP contribution in [0.2, 0.25) is 10.0 Å². The van der Waals surface area contributed by atoms with Crippen LogP contribution in [0.25, 0.3) is 0 Å². The molecule has 2 N–H and O–H groups in total. The van der Waals surface area contributed by atoms with Gasteiger partial charge < -0.3 is 10.6 Å². The van der Waals surface area contributed by atoms with E-state index in [1.807, 2.05) is 6.92 Å². The average molecular weight is 331 g/mol. The van der Waals surface area contributed by atoms with E-state index < -0.39 is 6.04 Å². The molecule has 4 nitrogen and oxygen atoms in total. The molecule has 0 bridgehead atoms. The Morgan fingerprint density at radius 3 is 2.43 bits per heavy atom. The molecule has 1 aromatic carbocycles. The summed E-state index contributed by atoms with van der Waals surface area (Å²) in [6.07, 6.45) is 0.337. The van der Waals surface area contributed by atoms with E-state index in [1.165, 1.54) is 0 Å². The number of Topliss-reactive ketones (excluding diaryl/α,β-unsaturated/α-hetero) is 1. The predicted octanol–water partition coefficient (Wildman–Crippen LogP) is 3.45. The highest BCUT2D eigenvalue weighted by atomic mass is 35.5. The van der Waals surface area contributed by atoms with Crippen molar-refractivity contribution in [1.82, 2.24) is 10.6 Å². The van der Waals surface area contributed by atoms with Gasteiger partial charge in [0.1, 0.15) is 0 Å². The molecule has 0 aliphatic heterocycles. The Kier molecular flexibility index (Phi) is 6.99. The van der Waals surface area contributed by atoms with Gasteiger partial charge in [-0.25, -0.2) is 4.79 Å². The van der Waals surface area contributed by atoms with Gasteiger partial charge >= 0.3 is 6.03 Å². The Labute approximate surface area is 135 Å². The molecule has 0 saturated heterocycles. The molecule has 1 atom stereocenters. The number of hydrogen-bond donors (Lipinski definition) is 2. The van der Waals surface area contributed by atoms with Crippen molar-refractivity contribution in [2.75, 3.05) is 6.54 Å². The minimum atomic E-state index is -0.616. The van der Waals surface area contributed by atoms with Crippen molar-refractivity contribution < 1.29 is 9.59 Å². The number of halogens is 2. The highest BCUT2D eigenvalue weighted by molar-refractivity contribution is 6.35. The number of amides is 2. The van der Waals surface area contributed by atoms with Gasteiger partial charge in [-0.1, -0.05) is 43.1 Å². The van der Waals surface area contributed by atoms with E-state index in [4.69, 9.17) is 23.2 Å². The van der Waals surface area contributed by atoms with Crippen LogP contribution in [0.4, 0.5) is 4.79 Å². The van der Waals surface area contributed by atoms with Crippen LogP contribution in [-0.2, 0) is 11.2 Å². The second-order valence-electron chi connectivity index (χ2n) is 5.05. The van der Waals surface area contributed by atoms with Crippen LogP contribution in [0.5, 0.6) is 0 Å². The standard InChI is InChI=1S/C15H20Cl2N2O2/c1-4-18-15(21)19-13(14(20)9(2)3)7-10-5-6-11(16)8-12(10)17/h5-6,8-9,13H,4,7H2,1-3H3,(H2,18,19,21)/t13-/m1/s1. The summed E-state index contributed by atoms with van der Waals surface area (Å²) in [5, 5.41) is 6.34. The predicted molar refractivity (Wildman–Crippen MR) is 86.0 cm³/mol. The topological polar surface area (TPSA) is 58.2 Å². The molecule has 0 heterocycles. The summed E-state index contributed by atoms with van der Waals surface area (Å²) in [6.45, 7) is 5.92. The first kappa shape index (κ1) is 17.8. The molecular weight excluding hydrogens is 311 g/mol. The maximum Gasteiger partial charge on any atom is 0.315 e. The quantitative estimate of drug-likeness (QED) is 0.839. The molecule has 116 valence electrons. The van der Waals surface area contributed by atoms with Gasteiger partial charge in [0.15, 0.2) is 5.78 Å². The van der Waals surface area contributed by atoms with Gasteiger partial charge in [0.05, 0.1) is 6.04 Å². The van der Waals surface area contributed by atoms with Crippen molar-refractivity contribution in [3.8, 4) is 0 Å². The lowest BCUT2D eigenvalue weighted by Crippen LogP contribution is -2.48. The Hall–Kier alpha value is -1.26. The number of carbonyl (C=O) groups is 2.